The molecule has 10 heteroatoms. The molecule has 0 aromatic carbocycles. The van der Waals surface area contributed by atoms with E-state index in [4.69, 9.17) is 4.52 Å². The van der Waals surface area contributed by atoms with Gasteiger partial charge in [-0.1, -0.05) is 12.1 Å². The first-order valence-electron chi connectivity index (χ1n) is 8.65. The standard InChI is InChI=1S/C17H18F2N6O2/c1-9-3-4-24(16(26)13-5-10(2)27-23-13)7-11(9)14-6-12(15(18)19)22-17-20-8-21-25(14)17/h5-6,8-9,11,15H,3-4,7H2,1-2H3/t9-,11+/m0/s1. The van der Waals surface area contributed by atoms with Crippen molar-refractivity contribution in [2.75, 3.05) is 13.1 Å². The molecule has 0 spiro atoms. The first-order chi connectivity index (χ1) is 12.9. The van der Waals surface area contributed by atoms with Gasteiger partial charge >= 0.3 is 0 Å². The molecule has 3 aromatic heterocycles. The van der Waals surface area contributed by atoms with E-state index in [1.54, 1.807) is 17.9 Å². The van der Waals surface area contributed by atoms with E-state index in [1.165, 1.54) is 16.9 Å². The van der Waals surface area contributed by atoms with Crippen LogP contribution >= 0.6 is 0 Å². The summed E-state index contributed by atoms with van der Waals surface area (Å²) in [5, 5.41) is 7.91. The number of hydrogen-bond acceptors (Lipinski definition) is 6. The number of carbonyl (C=O) groups is 1. The fourth-order valence-electron chi connectivity index (χ4n) is 3.50. The first-order valence-corrected chi connectivity index (χ1v) is 8.65. The average Bonchev–Trinajstić information content (AvgIpc) is 3.29. The normalized spacial score (nSPS) is 20.6. The molecular weight excluding hydrogens is 358 g/mol. The van der Waals surface area contributed by atoms with Crippen molar-refractivity contribution in [3.63, 3.8) is 0 Å². The van der Waals surface area contributed by atoms with Gasteiger partial charge in [0.05, 0.1) is 5.69 Å². The van der Waals surface area contributed by atoms with Crippen LogP contribution in [0, 0.1) is 12.8 Å². The SMILES string of the molecule is Cc1cc(C(=O)N2CC[C@H](C)[C@H](c3cc(C(F)F)nc4ncnn34)C2)no1. The molecular formula is C17H18F2N6O2. The number of nitrogens with zero attached hydrogens (tertiary/aromatic N) is 6. The summed E-state index contributed by atoms with van der Waals surface area (Å²) in [6.07, 6.45) is -0.689. The van der Waals surface area contributed by atoms with E-state index in [0.717, 1.165) is 6.42 Å². The van der Waals surface area contributed by atoms with Crippen LogP contribution in [-0.4, -0.2) is 48.6 Å². The van der Waals surface area contributed by atoms with Crippen LogP contribution in [0.2, 0.25) is 0 Å². The molecule has 1 amide bonds. The summed E-state index contributed by atoms with van der Waals surface area (Å²) < 4.78 is 33.0. The van der Waals surface area contributed by atoms with Crippen LogP contribution in [0.25, 0.3) is 5.78 Å². The smallest absolute Gasteiger partial charge is 0.280 e. The molecule has 142 valence electrons. The molecule has 3 aromatic rings. The number of carbonyl (C=O) groups excluding carboxylic acids is 1. The lowest BCUT2D eigenvalue weighted by atomic mass is 9.84. The molecule has 1 saturated heterocycles. The van der Waals surface area contributed by atoms with E-state index >= 15 is 0 Å². The predicted molar refractivity (Wildman–Crippen MR) is 89.4 cm³/mol. The van der Waals surface area contributed by atoms with E-state index in [9.17, 15) is 13.6 Å². The van der Waals surface area contributed by atoms with Crippen molar-refractivity contribution in [2.24, 2.45) is 5.92 Å². The zero-order valence-electron chi connectivity index (χ0n) is 14.8. The van der Waals surface area contributed by atoms with Gasteiger partial charge < -0.3 is 9.42 Å². The summed E-state index contributed by atoms with van der Waals surface area (Å²) in [6, 6.07) is 2.95. The van der Waals surface area contributed by atoms with Crippen LogP contribution < -0.4 is 0 Å². The Morgan fingerprint density at radius 2 is 2.19 bits per heavy atom. The fourth-order valence-corrected chi connectivity index (χ4v) is 3.50. The Morgan fingerprint density at radius 3 is 2.89 bits per heavy atom. The maximum atomic E-state index is 13.3. The molecule has 27 heavy (non-hydrogen) atoms. The Balaban J connectivity index is 1.69. The first kappa shape index (κ1) is 17.5. The number of fused-ring (bicyclic) bond motifs is 1. The van der Waals surface area contributed by atoms with Gasteiger partial charge in [-0.3, -0.25) is 4.79 Å². The number of aromatic nitrogens is 5. The Bertz CT molecular complexity index is 985. The summed E-state index contributed by atoms with van der Waals surface area (Å²) in [5.74, 6) is 0.446. The number of likely N-dealkylation sites (tertiary alicyclic amines) is 1. The highest BCUT2D eigenvalue weighted by molar-refractivity contribution is 5.92. The number of amides is 1. The van der Waals surface area contributed by atoms with Gasteiger partial charge in [0.2, 0.25) is 0 Å². The van der Waals surface area contributed by atoms with Gasteiger partial charge in [0.25, 0.3) is 18.1 Å². The second-order valence-corrected chi connectivity index (χ2v) is 6.82. The maximum Gasteiger partial charge on any atom is 0.280 e. The van der Waals surface area contributed by atoms with Crippen LogP contribution in [0.15, 0.2) is 23.0 Å². The van der Waals surface area contributed by atoms with E-state index < -0.39 is 6.43 Å². The van der Waals surface area contributed by atoms with Crippen LogP contribution in [-0.2, 0) is 0 Å². The summed E-state index contributed by atoms with van der Waals surface area (Å²) in [5.41, 5.74) is 0.483. The number of piperidine rings is 1. The summed E-state index contributed by atoms with van der Waals surface area (Å²) in [4.78, 5) is 22.2. The molecule has 0 bridgehead atoms. The van der Waals surface area contributed by atoms with Crippen molar-refractivity contribution < 1.29 is 18.1 Å². The Kier molecular flexibility index (Phi) is 4.33. The highest BCUT2D eigenvalue weighted by Gasteiger charge is 2.34. The molecule has 2 atom stereocenters. The minimum atomic E-state index is -2.71. The van der Waals surface area contributed by atoms with Crippen molar-refractivity contribution in [1.29, 1.82) is 0 Å². The quantitative estimate of drug-likeness (QED) is 0.698. The van der Waals surface area contributed by atoms with Crippen LogP contribution in [0.3, 0.4) is 0 Å². The van der Waals surface area contributed by atoms with E-state index in [2.05, 4.69) is 20.2 Å². The highest BCUT2D eigenvalue weighted by atomic mass is 19.3. The number of hydrogen-bond donors (Lipinski definition) is 0. The molecule has 0 saturated carbocycles. The van der Waals surface area contributed by atoms with Crippen LogP contribution in [0.4, 0.5) is 8.78 Å². The van der Waals surface area contributed by atoms with Crippen molar-refractivity contribution in [1.82, 2.24) is 29.6 Å². The third-order valence-corrected chi connectivity index (χ3v) is 5.00. The zero-order chi connectivity index (χ0) is 19.1. The largest absolute Gasteiger partial charge is 0.361 e. The van der Waals surface area contributed by atoms with Gasteiger partial charge in [-0.25, -0.2) is 18.3 Å². The van der Waals surface area contributed by atoms with Gasteiger partial charge in [0, 0.05) is 25.1 Å². The lowest BCUT2D eigenvalue weighted by Gasteiger charge is -2.37. The van der Waals surface area contributed by atoms with Crippen molar-refractivity contribution in [3.05, 3.63) is 41.3 Å². The lowest BCUT2D eigenvalue weighted by Crippen LogP contribution is -2.42. The number of halogens is 2. The number of aryl methyl sites for hydroxylation is 1. The maximum absolute atomic E-state index is 13.3. The summed E-state index contributed by atoms with van der Waals surface area (Å²) in [7, 11) is 0. The second-order valence-electron chi connectivity index (χ2n) is 6.82. The van der Waals surface area contributed by atoms with Crippen LogP contribution in [0.1, 0.15) is 53.3 Å². The molecule has 4 heterocycles. The zero-order valence-corrected chi connectivity index (χ0v) is 14.8. The molecule has 1 aliphatic heterocycles. The Labute approximate surface area is 153 Å². The Morgan fingerprint density at radius 1 is 1.37 bits per heavy atom. The molecule has 1 fully saturated rings. The minimum absolute atomic E-state index is 0.130. The molecule has 0 N–H and O–H groups in total. The monoisotopic (exact) mass is 376 g/mol. The summed E-state index contributed by atoms with van der Waals surface area (Å²) in [6.45, 7) is 4.69. The molecule has 0 unspecified atom stereocenters. The summed E-state index contributed by atoms with van der Waals surface area (Å²) >= 11 is 0. The third kappa shape index (κ3) is 3.15. The van der Waals surface area contributed by atoms with Gasteiger partial charge in [0.1, 0.15) is 17.8 Å². The second kappa shape index (κ2) is 6.67. The minimum Gasteiger partial charge on any atom is -0.361 e. The van der Waals surface area contributed by atoms with Crippen molar-refractivity contribution in [2.45, 2.75) is 32.6 Å². The third-order valence-electron chi connectivity index (χ3n) is 5.00. The van der Waals surface area contributed by atoms with Gasteiger partial charge in [-0.05, 0) is 25.3 Å². The lowest BCUT2D eigenvalue weighted by molar-refractivity contribution is 0.0655. The molecule has 0 aliphatic carbocycles. The molecule has 8 nitrogen and oxygen atoms in total. The number of rotatable bonds is 3. The predicted octanol–water partition coefficient (Wildman–Crippen LogP) is 2.62. The number of alkyl halides is 2. The molecule has 0 radical (unpaired) electrons. The van der Waals surface area contributed by atoms with Gasteiger partial charge in [0.15, 0.2) is 5.69 Å². The van der Waals surface area contributed by atoms with E-state index in [-0.39, 0.29) is 34.9 Å². The van der Waals surface area contributed by atoms with E-state index in [1.807, 2.05) is 6.92 Å². The molecule has 1 aliphatic rings. The average molecular weight is 376 g/mol. The van der Waals surface area contributed by atoms with Crippen molar-refractivity contribution in [3.8, 4) is 0 Å². The van der Waals surface area contributed by atoms with Gasteiger partial charge in [-0.2, -0.15) is 10.1 Å². The van der Waals surface area contributed by atoms with Gasteiger partial charge in [-0.15, -0.1) is 0 Å². The Hall–Kier alpha value is -2.91. The fraction of sp³-hybridized carbons (Fsp3) is 0.471. The highest BCUT2D eigenvalue weighted by Crippen LogP contribution is 2.34. The van der Waals surface area contributed by atoms with Crippen LogP contribution in [0.5, 0.6) is 0 Å². The topological polar surface area (TPSA) is 89.4 Å². The van der Waals surface area contributed by atoms with Crippen molar-refractivity contribution >= 4 is 11.7 Å². The van der Waals surface area contributed by atoms with E-state index in [0.29, 0.717) is 24.5 Å². The molecule has 4 rings (SSSR count).